The molecular weight excluding hydrogens is 621 g/mol. The van der Waals surface area contributed by atoms with Crippen molar-refractivity contribution in [3.05, 3.63) is 72.6 Å². The van der Waals surface area contributed by atoms with E-state index in [1.807, 2.05) is 18.2 Å². The molecule has 2 N–H and O–H groups in total. The Morgan fingerprint density at radius 2 is 1.77 bits per heavy atom. The fourth-order valence-corrected chi connectivity index (χ4v) is 10.0. The topological polar surface area (TPSA) is 134 Å². The van der Waals surface area contributed by atoms with E-state index in [9.17, 15) is 32.8 Å². The molecule has 250 valence electrons. The quantitative estimate of drug-likeness (QED) is 0.364. The Morgan fingerprint density at radius 1 is 1.06 bits per heavy atom. The summed E-state index contributed by atoms with van der Waals surface area (Å²) in [4.78, 5) is 29.7. The fraction of sp³-hybridized carbons (Fsp3) is 0.514. The number of sulfone groups is 1. The van der Waals surface area contributed by atoms with Crippen LogP contribution in [-0.2, 0) is 20.0 Å². The minimum absolute atomic E-state index is 0.0232. The second-order valence-corrected chi connectivity index (χ2v) is 15.8. The van der Waals surface area contributed by atoms with Crippen LogP contribution < -0.4 is 10.2 Å². The van der Waals surface area contributed by atoms with Crippen molar-refractivity contribution < 1.29 is 27.5 Å². The Hall–Kier alpha value is -3.95. The number of rotatable bonds is 10. The normalized spacial score (nSPS) is 24.1. The maximum absolute atomic E-state index is 14.5. The van der Waals surface area contributed by atoms with Gasteiger partial charge in [0.05, 0.1) is 16.4 Å². The van der Waals surface area contributed by atoms with E-state index in [1.165, 1.54) is 23.1 Å². The van der Waals surface area contributed by atoms with Gasteiger partial charge in [-0.05, 0) is 92.7 Å². The lowest BCUT2D eigenvalue weighted by atomic mass is 9.59. The van der Waals surface area contributed by atoms with Gasteiger partial charge in [-0.2, -0.15) is 5.26 Å². The number of halogens is 1. The van der Waals surface area contributed by atoms with Gasteiger partial charge in [0.25, 0.3) is 0 Å². The van der Waals surface area contributed by atoms with E-state index in [-0.39, 0.29) is 41.8 Å². The van der Waals surface area contributed by atoms with Gasteiger partial charge < -0.3 is 25.1 Å². The van der Waals surface area contributed by atoms with Crippen LogP contribution in [0.5, 0.6) is 0 Å². The molecule has 3 saturated heterocycles. The smallest absolute Gasteiger partial charge is 0.404 e. The zero-order valence-electron chi connectivity index (χ0n) is 26.4. The Balaban J connectivity index is 1.04. The molecule has 2 amide bonds. The highest BCUT2D eigenvalue weighted by atomic mass is 32.2. The molecule has 6 rings (SSSR count). The first-order valence-electron chi connectivity index (χ1n) is 16.4. The van der Waals surface area contributed by atoms with Gasteiger partial charge in [0.1, 0.15) is 11.1 Å². The summed E-state index contributed by atoms with van der Waals surface area (Å²) in [6.45, 7) is 8.10. The van der Waals surface area contributed by atoms with Crippen molar-refractivity contribution in [2.24, 2.45) is 17.8 Å². The van der Waals surface area contributed by atoms with Gasteiger partial charge in [-0.1, -0.05) is 25.1 Å². The number of benzene rings is 2. The molecule has 4 aliphatic rings. The van der Waals surface area contributed by atoms with E-state index in [0.29, 0.717) is 17.9 Å². The zero-order chi connectivity index (χ0) is 33.3. The highest BCUT2D eigenvalue weighted by Crippen LogP contribution is 2.50. The monoisotopic (exact) mass is 663 g/mol. The number of likely N-dealkylation sites (tertiary alicyclic amines) is 2. The number of carboxylic acid groups (broad SMARTS) is 1. The van der Waals surface area contributed by atoms with Crippen molar-refractivity contribution in [3.8, 4) is 6.07 Å². The van der Waals surface area contributed by atoms with Crippen LogP contribution in [0.3, 0.4) is 0 Å². The largest absolute Gasteiger partial charge is 0.465 e. The second-order valence-electron chi connectivity index (χ2n) is 13.5. The molecule has 1 saturated carbocycles. The number of nitriles is 1. The number of hydrogen-bond donors (Lipinski definition) is 2. The average Bonchev–Trinajstić information content (AvgIpc) is 3.47. The van der Waals surface area contributed by atoms with Crippen LogP contribution in [-0.4, -0.2) is 92.4 Å². The third kappa shape index (κ3) is 6.35. The Morgan fingerprint density at radius 3 is 2.38 bits per heavy atom. The molecule has 0 bridgehead atoms. The number of piperidine rings is 1. The SMILES string of the molecule is C=CC(=O)N1CC(S(=O)(=O)c2ccc(N3CC(CN4CCC(C(C#N)(c5cccc(F)c5)[C@H]5CCC[C@@H]5NC(=O)O)CC4)C3)cc2)C1. The van der Waals surface area contributed by atoms with Crippen LogP contribution in [0, 0.1) is 34.9 Å². The van der Waals surface area contributed by atoms with E-state index in [4.69, 9.17) is 0 Å². The van der Waals surface area contributed by atoms with E-state index >= 15 is 0 Å². The molecule has 0 aromatic heterocycles. The molecule has 3 aliphatic heterocycles. The van der Waals surface area contributed by atoms with Crippen molar-refractivity contribution in [1.29, 1.82) is 5.26 Å². The van der Waals surface area contributed by atoms with Gasteiger partial charge in [-0.3, -0.25) is 4.79 Å². The zero-order valence-corrected chi connectivity index (χ0v) is 27.2. The highest BCUT2D eigenvalue weighted by molar-refractivity contribution is 7.92. The minimum Gasteiger partial charge on any atom is -0.465 e. The van der Waals surface area contributed by atoms with E-state index in [1.54, 1.807) is 18.2 Å². The molecular formula is C35H42FN5O5S. The fourth-order valence-electron chi connectivity index (χ4n) is 8.39. The maximum atomic E-state index is 14.5. The molecule has 47 heavy (non-hydrogen) atoms. The Bertz CT molecular complexity index is 1640. The molecule has 3 atom stereocenters. The third-order valence-electron chi connectivity index (χ3n) is 10.9. The standard InChI is InChI=1S/C35H42FN5O5S/c1-2-33(42)41-21-30(22-41)47(45,46)29-11-9-28(10-12-29)40-19-24(20-40)18-39-15-13-25(14-16-39)35(23-37,26-5-3-6-27(36)17-26)31-7-4-8-32(31)38-34(43)44/h2-3,5-6,9-12,17,24-25,30-32,38H,1,4,7-8,13-16,18-22H2,(H,43,44)/t31-,32-,35?/m0/s1. The molecule has 2 aromatic rings. The van der Waals surface area contributed by atoms with Crippen molar-refractivity contribution >= 4 is 27.5 Å². The van der Waals surface area contributed by atoms with Gasteiger partial charge in [0, 0.05) is 56.3 Å². The van der Waals surface area contributed by atoms with Crippen LogP contribution in [0.2, 0.25) is 0 Å². The third-order valence-corrected chi connectivity index (χ3v) is 13.0. The van der Waals surface area contributed by atoms with Crippen LogP contribution in [0.25, 0.3) is 0 Å². The number of carbonyl (C=O) groups excluding carboxylic acids is 1. The van der Waals surface area contributed by atoms with E-state index in [2.05, 4.69) is 27.8 Å². The van der Waals surface area contributed by atoms with Crippen LogP contribution in [0.4, 0.5) is 14.9 Å². The lowest BCUT2D eigenvalue weighted by Crippen LogP contribution is -2.56. The van der Waals surface area contributed by atoms with Gasteiger partial charge >= 0.3 is 6.09 Å². The molecule has 4 fully saturated rings. The van der Waals surface area contributed by atoms with Gasteiger partial charge in [0.15, 0.2) is 9.84 Å². The summed E-state index contributed by atoms with van der Waals surface area (Å²) in [7, 11) is -3.51. The van der Waals surface area contributed by atoms with Crippen LogP contribution in [0.15, 0.2) is 66.1 Å². The molecule has 12 heteroatoms. The summed E-state index contributed by atoms with van der Waals surface area (Å²) in [6.07, 6.45) is 3.85. The summed E-state index contributed by atoms with van der Waals surface area (Å²) >= 11 is 0. The summed E-state index contributed by atoms with van der Waals surface area (Å²) in [5.74, 6) is -0.437. The van der Waals surface area contributed by atoms with Crippen molar-refractivity contribution in [1.82, 2.24) is 15.1 Å². The lowest BCUT2D eigenvalue weighted by Gasteiger charge is -2.48. The van der Waals surface area contributed by atoms with Crippen molar-refractivity contribution in [2.75, 3.05) is 50.7 Å². The predicted molar refractivity (Wildman–Crippen MR) is 175 cm³/mol. The molecule has 0 radical (unpaired) electrons. The number of hydrogen-bond acceptors (Lipinski definition) is 7. The first kappa shape index (κ1) is 33.0. The number of anilines is 1. The molecule has 1 unspecified atom stereocenters. The van der Waals surface area contributed by atoms with Gasteiger partial charge in [-0.15, -0.1) is 0 Å². The number of amides is 2. The highest BCUT2D eigenvalue weighted by Gasteiger charge is 2.53. The molecule has 1 aliphatic carbocycles. The first-order valence-corrected chi connectivity index (χ1v) is 18.0. The lowest BCUT2D eigenvalue weighted by molar-refractivity contribution is -0.129. The summed E-state index contributed by atoms with van der Waals surface area (Å²) in [5, 5.41) is 22.4. The van der Waals surface area contributed by atoms with Crippen molar-refractivity contribution in [2.45, 2.75) is 53.7 Å². The number of nitrogens with one attached hydrogen (secondary N) is 1. The predicted octanol–water partition coefficient (Wildman–Crippen LogP) is 4.04. The number of carbonyl (C=O) groups is 2. The van der Waals surface area contributed by atoms with Crippen LogP contribution >= 0.6 is 0 Å². The molecule has 3 heterocycles. The molecule has 2 aromatic carbocycles. The minimum atomic E-state index is -3.51. The van der Waals surface area contributed by atoms with Gasteiger partial charge in [0.2, 0.25) is 5.91 Å². The van der Waals surface area contributed by atoms with E-state index < -0.39 is 32.4 Å². The second kappa shape index (κ2) is 13.3. The maximum Gasteiger partial charge on any atom is 0.404 e. The Kier molecular flexibility index (Phi) is 9.31. The first-order chi connectivity index (χ1) is 22.5. The molecule has 0 spiro atoms. The average molecular weight is 664 g/mol. The summed E-state index contributed by atoms with van der Waals surface area (Å²) in [5.41, 5.74) is 0.644. The van der Waals surface area contributed by atoms with Crippen LogP contribution in [0.1, 0.15) is 37.7 Å². The Labute approximate surface area is 275 Å². The summed E-state index contributed by atoms with van der Waals surface area (Å²) in [6, 6.07) is 15.6. The summed E-state index contributed by atoms with van der Waals surface area (Å²) < 4.78 is 40.5. The van der Waals surface area contributed by atoms with Gasteiger partial charge in [-0.25, -0.2) is 17.6 Å². The number of nitrogens with zero attached hydrogens (tertiary/aromatic N) is 4. The molecule has 10 nitrogen and oxygen atoms in total. The van der Waals surface area contributed by atoms with Crippen molar-refractivity contribution in [3.63, 3.8) is 0 Å². The van der Waals surface area contributed by atoms with E-state index in [0.717, 1.165) is 64.1 Å².